The van der Waals surface area contributed by atoms with Crippen molar-refractivity contribution in [3.63, 3.8) is 0 Å². The Hall–Kier alpha value is -1.76. The lowest BCUT2D eigenvalue weighted by Crippen LogP contribution is -2.44. The van der Waals surface area contributed by atoms with Gasteiger partial charge in [-0.2, -0.15) is 0 Å². The Morgan fingerprint density at radius 2 is 1.96 bits per heavy atom. The molecule has 2 aliphatic rings. The van der Waals surface area contributed by atoms with E-state index in [1.807, 2.05) is 12.1 Å². The lowest BCUT2D eigenvalue weighted by Gasteiger charge is -2.33. The molecule has 0 saturated carbocycles. The van der Waals surface area contributed by atoms with Crippen molar-refractivity contribution in [1.29, 1.82) is 0 Å². The standard InChI is InChI=1S/C18H24N2O4/c1-19-6-8-20(9-7-19)10-13-2-3-15-14(4-5-17(15)21)16(13)11-24-12-18(22)23/h2-3H,4-12H2,1H3,(H,22,23). The van der Waals surface area contributed by atoms with Gasteiger partial charge in [-0.15, -0.1) is 0 Å². The Labute approximate surface area is 142 Å². The van der Waals surface area contributed by atoms with Gasteiger partial charge in [0.05, 0.1) is 6.61 Å². The zero-order valence-corrected chi connectivity index (χ0v) is 14.1. The summed E-state index contributed by atoms with van der Waals surface area (Å²) in [6, 6.07) is 3.94. The molecule has 1 aromatic rings. The van der Waals surface area contributed by atoms with Crippen molar-refractivity contribution in [1.82, 2.24) is 9.80 Å². The Morgan fingerprint density at radius 3 is 2.67 bits per heavy atom. The van der Waals surface area contributed by atoms with Crippen LogP contribution in [0.3, 0.4) is 0 Å². The summed E-state index contributed by atoms with van der Waals surface area (Å²) in [7, 11) is 2.13. The van der Waals surface area contributed by atoms with Crippen LogP contribution in [-0.4, -0.2) is 66.5 Å². The molecule has 1 N–H and O–H groups in total. The first kappa shape index (κ1) is 17.1. The van der Waals surface area contributed by atoms with Crippen LogP contribution in [0.25, 0.3) is 0 Å². The van der Waals surface area contributed by atoms with E-state index in [0.717, 1.165) is 61.4 Å². The number of piperazine rings is 1. The summed E-state index contributed by atoms with van der Waals surface area (Å²) in [6.07, 6.45) is 1.27. The van der Waals surface area contributed by atoms with Gasteiger partial charge in [-0.1, -0.05) is 12.1 Å². The predicted molar refractivity (Wildman–Crippen MR) is 89.2 cm³/mol. The second-order valence-electron chi connectivity index (χ2n) is 6.62. The molecular weight excluding hydrogens is 308 g/mol. The van der Waals surface area contributed by atoms with E-state index >= 15 is 0 Å². The Bertz CT molecular complexity index is 636. The molecule has 1 fully saturated rings. The van der Waals surface area contributed by atoms with Crippen molar-refractivity contribution in [2.45, 2.75) is 26.0 Å². The summed E-state index contributed by atoms with van der Waals surface area (Å²) in [5, 5.41) is 8.79. The lowest BCUT2D eigenvalue weighted by atomic mass is 9.97. The van der Waals surface area contributed by atoms with Crippen LogP contribution in [-0.2, 0) is 29.1 Å². The molecular formula is C18H24N2O4. The maximum absolute atomic E-state index is 12.0. The Kier molecular flexibility index (Phi) is 5.28. The van der Waals surface area contributed by atoms with E-state index < -0.39 is 5.97 Å². The van der Waals surface area contributed by atoms with Gasteiger partial charge in [-0.25, -0.2) is 4.79 Å². The molecule has 24 heavy (non-hydrogen) atoms. The number of ketones is 1. The molecule has 1 aromatic carbocycles. The molecule has 1 aliphatic heterocycles. The van der Waals surface area contributed by atoms with Crippen molar-refractivity contribution in [2.75, 3.05) is 39.8 Å². The quantitative estimate of drug-likeness (QED) is 0.843. The molecule has 3 rings (SSSR count). The third-order valence-electron chi connectivity index (χ3n) is 4.89. The molecule has 0 unspecified atom stereocenters. The van der Waals surface area contributed by atoms with E-state index in [4.69, 9.17) is 9.84 Å². The maximum Gasteiger partial charge on any atom is 0.329 e. The average molecular weight is 332 g/mol. The monoisotopic (exact) mass is 332 g/mol. The van der Waals surface area contributed by atoms with Gasteiger partial charge in [-0.3, -0.25) is 9.69 Å². The van der Waals surface area contributed by atoms with E-state index in [0.29, 0.717) is 6.42 Å². The number of nitrogens with zero attached hydrogens (tertiary/aromatic N) is 2. The van der Waals surface area contributed by atoms with Crippen molar-refractivity contribution in [3.05, 3.63) is 34.4 Å². The highest BCUT2D eigenvalue weighted by molar-refractivity contribution is 6.00. The van der Waals surface area contributed by atoms with Gasteiger partial charge in [0.15, 0.2) is 5.78 Å². The number of benzene rings is 1. The predicted octanol–water partition coefficient (Wildman–Crippen LogP) is 1.16. The van der Waals surface area contributed by atoms with E-state index in [1.165, 1.54) is 0 Å². The van der Waals surface area contributed by atoms with Gasteiger partial charge in [-0.05, 0) is 30.2 Å². The maximum atomic E-state index is 12.0. The summed E-state index contributed by atoms with van der Waals surface area (Å²) in [6.45, 7) is 4.89. The second-order valence-corrected chi connectivity index (χ2v) is 6.62. The van der Waals surface area contributed by atoms with Crippen molar-refractivity contribution in [3.8, 4) is 0 Å². The fourth-order valence-corrected chi connectivity index (χ4v) is 3.48. The van der Waals surface area contributed by atoms with Gasteiger partial charge in [0, 0.05) is 44.7 Å². The topological polar surface area (TPSA) is 70.1 Å². The zero-order chi connectivity index (χ0) is 17.1. The summed E-state index contributed by atoms with van der Waals surface area (Å²) >= 11 is 0. The summed E-state index contributed by atoms with van der Waals surface area (Å²) in [5.74, 6) is -0.796. The number of carbonyl (C=O) groups is 2. The highest BCUT2D eigenvalue weighted by Gasteiger charge is 2.25. The van der Waals surface area contributed by atoms with Gasteiger partial charge in [0.1, 0.15) is 6.61 Å². The van der Waals surface area contributed by atoms with E-state index in [-0.39, 0.29) is 19.0 Å². The third-order valence-corrected chi connectivity index (χ3v) is 4.89. The average Bonchev–Trinajstić information content (AvgIpc) is 2.92. The molecule has 0 spiro atoms. The van der Waals surface area contributed by atoms with Crippen LogP contribution in [0.15, 0.2) is 12.1 Å². The first-order chi connectivity index (χ1) is 11.5. The number of Topliss-reactive ketones (excluding diaryl/α,β-unsaturated/α-hetero) is 1. The highest BCUT2D eigenvalue weighted by atomic mass is 16.5. The molecule has 0 amide bonds. The fourth-order valence-electron chi connectivity index (χ4n) is 3.48. The van der Waals surface area contributed by atoms with E-state index in [2.05, 4.69) is 16.8 Å². The van der Waals surface area contributed by atoms with Gasteiger partial charge >= 0.3 is 5.97 Å². The number of carboxylic acids is 1. The van der Waals surface area contributed by atoms with E-state index in [9.17, 15) is 9.59 Å². The first-order valence-electron chi connectivity index (χ1n) is 8.42. The summed E-state index contributed by atoms with van der Waals surface area (Å²) in [5.41, 5.74) is 4.00. The summed E-state index contributed by atoms with van der Waals surface area (Å²) in [4.78, 5) is 27.4. The number of hydrogen-bond acceptors (Lipinski definition) is 5. The fraction of sp³-hybridized carbons (Fsp3) is 0.556. The van der Waals surface area contributed by atoms with Crippen LogP contribution in [0.2, 0.25) is 0 Å². The van der Waals surface area contributed by atoms with Crippen LogP contribution in [0.5, 0.6) is 0 Å². The Balaban J connectivity index is 1.79. The molecule has 1 aliphatic carbocycles. The van der Waals surface area contributed by atoms with Crippen LogP contribution in [0, 0.1) is 0 Å². The van der Waals surface area contributed by atoms with E-state index in [1.54, 1.807) is 0 Å². The first-order valence-corrected chi connectivity index (χ1v) is 8.42. The number of fused-ring (bicyclic) bond motifs is 1. The Morgan fingerprint density at radius 1 is 1.21 bits per heavy atom. The number of likely N-dealkylation sites (N-methyl/N-ethyl adjacent to an activating group) is 1. The van der Waals surface area contributed by atoms with Crippen molar-refractivity contribution < 1.29 is 19.4 Å². The number of carboxylic acid groups (broad SMARTS) is 1. The normalized spacial score (nSPS) is 18.8. The lowest BCUT2D eigenvalue weighted by molar-refractivity contribution is -0.142. The van der Waals surface area contributed by atoms with Crippen molar-refractivity contribution in [2.24, 2.45) is 0 Å². The molecule has 0 atom stereocenters. The molecule has 130 valence electrons. The SMILES string of the molecule is CN1CCN(Cc2ccc3c(c2COCC(=O)O)CCC3=O)CC1. The summed E-state index contributed by atoms with van der Waals surface area (Å²) < 4.78 is 5.35. The number of ether oxygens (including phenoxy) is 1. The smallest absolute Gasteiger partial charge is 0.329 e. The third kappa shape index (κ3) is 3.83. The van der Waals surface area contributed by atoms with Gasteiger partial charge in [0.2, 0.25) is 0 Å². The van der Waals surface area contributed by atoms with Crippen molar-refractivity contribution >= 4 is 11.8 Å². The molecule has 0 aromatic heterocycles. The molecule has 1 saturated heterocycles. The molecule has 6 heteroatoms. The van der Waals surface area contributed by atoms with Crippen LogP contribution in [0.4, 0.5) is 0 Å². The largest absolute Gasteiger partial charge is 0.480 e. The number of aliphatic carboxylic acids is 1. The number of carbonyl (C=O) groups excluding carboxylic acids is 1. The molecule has 1 heterocycles. The molecule has 6 nitrogen and oxygen atoms in total. The van der Waals surface area contributed by atoms with Crippen LogP contribution >= 0.6 is 0 Å². The minimum atomic E-state index is -0.973. The highest BCUT2D eigenvalue weighted by Crippen LogP contribution is 2.29. The molecule has 0 bridgehead atoms. The van der Waals surface area contributed by atoms with Crippen LogP contribution < -0.4 is 0 Å². The van der Waals surface area contributed by atoms with Gasteiger partial charge in [0.25, 0.3) is 0 Å². The van der Waals surface area contributed by atoms with Crippen LogP contribution in [0.1, 0.15) is 33.5 Å². The minimum Gasteiger partial charge on any atom is -0.480 e. The van der Waals surface area contributed by atoms with Gasteiger partial charge < -0.3 is 14.7 Å². The number of hydrogen-bond donors (Lipinski definition) is 1. The minimum absolute atomic E-state index is 0.177. The zero-order valence-electron chi connectivity index (χ0n) is 14.1. The molecule has 0 radical (unpaired) electrons. The second kappa shape index (κ2) is 7.42. The number of rotatable bonds is 6.